The number of nitrogens with two attached hydrogens (primary N) is 2. The number of aromatic amines is 2. The van der Waals surface area contributed by atoms with Gasteiger partial charge in [0.25, 0.3) is 0 Å². The van der Waals surface area contributed by atoms with E-state index in [1.54, 1.807) is 6.20 Å². The summed E-state index contributed by atoms with van der Waals surface area (Å²) in [5.41, 5.74) is 13.3. The standard InChI is InChI=1S/C27H36N8O7/c28-8-4-3-7-20(25(39)35-22(27(41)42)10-16-13-30-14-32-16)33-26(40)21(34-24(38)18(29)11-23(36)37)9-15-12-31-19-6-2-1-5-17(15)19/h1-2,5-6,12-14,18,20-22,31H,3-4,7-11,28-29H2,(H,30,32)(H,33,40)(H,34,38)(H,35,39)(H,36,37)(H,41,42). The molecule has 42 heavy (non-hydrogen) atoms. The maximum absolute atomic E-state index is 13.6. The van der Waals surface area contributed by atoms with Crippen molar-refractivity contribution in [2.24, 2.45) is 11.5 Å². The molecule has 3 rings (SSSR count). The van der Waals surface area contributed by atoms with Crippen molar-refractivity contribution < 1.29 is 34.2 Å². The van der Waals surface area contributed by atoms with E-state index in [4.69, 9.17) is 16.6 Å². The van der Waals surface area contributed by atoms with Gasteiger partial charge in [0.1, 0.15) is 18.1 Å². The largest absolute Gasteiger partial charge is 0.481 e. The van der Waals surface area contributed by atoms with Crippen LogP contribution in [-0.2, 0) is 36.8 Å². The van der Waals surface area contributed by atoms with Crippen LogP contribution in [-0.4, -0.2) is 85.5 Å². The number of carbonyl (C=O) groups is 5. The van der Waals surface area contributed by atoms with Crippen LogP contribution < -0.4 is 27.4 Å². The molecule has 0 fully saturated rings. The number of aliphatic carboxylic acids is 2. The summed E-state index contributed by atoms with van der Waals surface area (Å²) in [7, 11) is 0. The Morgan fingerprint density at radius 3 is 2.24 bits per heavy atom. The first-order valence-corrected chi connectivity index (χ1v) is 13.4. The van der Waals surface area contributed by atoms with E-state index < -0.39 is 60.2 Å². The number of imidazole rings is 1. The quantitative estimate of drug-likeness (QED) is 0.0887. The molecular weight excluding hydrogens is 548 g/mol. The van der Waals surface area contributed by atoms with Crippen LogP contribution in [0.3, 0.4) is 0 Å². The molecule has 0 spiro atoms. The van der Waals surface area contributed by atoms with Crippen molar-refractivity contribution >= 4 is 40.6 Å². The number of aromatic nitrogens is 3. The van der Waals surface area contributed by atoms with Gasteiger partial charge in [-0.3, -0.25) is 19.2 Å². The Bertz CT molecular complexity index is 1370. The third-order valence-corrected chi connectivity index (χ3v) is 6.64. The molecule has 15 heteroatoms. The SMILES string of the molecule is NCCCCC(NC(=O)C(Cc1c[nH]c2ccccc12)NC(=O)C(N)CC(=O)O)C(=O)NC(Cc1cnc[nH]1)C(=O)O. The Morgan fingerprint density at radius 2 is 1.57 bits per heavy atom. The zero-order valence-corrected chi connectivity index (χ0v) is 22.8. The lowest BCUT2D eigenvalue weighted by atomic mass is 10.0. The molecule has 2 aromatic heterocycles. The minimum atomic E-state index is -1.41. The van der Waals surface area contributed by atoms with Crippen LogP contribution in [0.4, 0.5) is 0 Å². The zero-order valence-electron chi connectivity index (χ0n) is 22.8. The van der Waals surface area contributed by atoms with Crippen molar-refractivity contribution in [3.63, 3.8) is 0 Å². The molecule has 2 heterocycles. The van der Waals surface area contributed by atoms with E-state index in [0.29, 0.717) is 30.6 Å². The lowest BCUT2D eigenvalue weighted by molar-refractivity contribution is -0.142. The molecule has 0 radical (unpaired) electrons. The Labute approximate surface area is 240 Å². The average molecular weight is 585 g/mol. The zero-order chi connectivity index (χ0) is 30.6. The van der Waals surface area contributed by atoms with Gasteiger partial charge in [-0.2, -0.15) is 0 Å². The second kappa shape index (κ2) is 15.3. The molecule has 0 saturated carbocycles. The molecule has 0 aliphatic carbocycles. The molecular formula is C27H36N8O7. The average Bonchev–Trinajstić information content (AvgIpc) is 3.61. The van der Waals surface area contributed by atoms with Crippen molar-refractivity contribution in [2.75, 3.05) is 6.54 Å². The number of hydrogen-bond donors (Lipinski definition) is 9. The Hall–Kier alpha value is -4.76. The number of benzene rings is 1. The highest BCUT2D eigenvalue weighted by molar-refractivity contribution is 5.95. The molecule has 1 aromatic carbocycles. The summed E-state index contributed by atoms with van der Waals surface area (Å²) < 4.78 is 0. The van der Waals surface area contributed by atoms with Gasteiger partial charge < -0.3 is 47.6 Å². The van der Waals surface area contributed by atoms with Gasteiger partial charge in [0.05, 0.1) is 18.8 Å². The second-order valence-corrected chi connectivity index (χ2v) is 9.86. The Kier molecular flexibility index (Phi) is 11.6. The van der Waals surface area contributed by atoms with Gasteiger partial charge in [-0.15, -0.1) is 0 Å². The Balaban J connectivity index is 1.82. The van der Waals surface area contributed by atoms with Crippen molar-refractivity contribution in [1.29, 1.82) is 0 Å². The molecule has 226 valence electrons. The van der Waals surface area contributed by atoms with E-state index in [9.17, 15) is 29.1 Å². The van der Waals surface area contributed by atoms with Crippen LogP contribution in [0.15, 0.2) is 43.0 Å². The van der Waals surface area contributed by atoms with E-state index >= 15 is 0 Å². The highest BCUT2D eigenvalue weighted by Gasteiger charge is 2.31. The van der Waals surface area contributed by atoms with Crippen molar-refractivity contribution in [3.05, 3.63) is 54.2 Å². The van der Waals surface area contributed by atoms with E-state index in [1.807, 2.05) is 24.3 Å². The number of carboxylic acids is 2. The molecule has 0 bridgehead atoms. The fourth-order valence-corrected chi connectivity index (χ4v) is 4.41. The first-order chi connectivity index (χ1) is 20.1. The fourth-order valence-electron chi connectivity index (χ4n) is 4.41. The maximum atomic E-state index is 13.6. The van der Waals surface area contributed by atoms with Gasteiger partial charge in [-0.1, -0.05) is 18.2 Å². The molecule has 0 aliphatic rings. The van der Waals surface area contributed by atoms with Gasteiger partial charge in [0.2, 0.25) is 17.7 Å². The topological polar surface area (TPSA) is 258 Å². The molecule has 3 aromatic rings. The van der Waals surface area contributed by atoms with Crippen LogP contribution in [0.2, 0.25) is 0 Å². The minimum Gasteiger partial charge on any atom is -0.481 e. The summed E-state index contributed by atoms with van der Waals surface area (Å²) in [5, 5.41) is 27.1. The van der Waals surface area contributed by atoms with E-state index in [-0.39, 0.29) is 19.3 Å². The van der Waals surface area contributed by atoms with E-state index in [1.165, 1.54) is 12.5 Å². The molecule has 11 N–H and O–H groups in total. The van der Waals surface area contributed by atoms with Crippen molar-refractivity contribution in [3.8, 4) is 0 Å². The van der Waals surface area contributed by atoms with Crippen LogP contribution >= 0.6 is 0 Å². The summed E-state index contributed by atoms with van der Waals surface area (Å²) in [6, 6.07) is 2.23. The molecule has 0 aliphatic heterocycles. The highest BCUT2D eigenvalue weighted by Crippen LogP contribution is 2.19. The number of rotatable bonds is 17. The summed E-state index contributed by atoms with van der Waals surface area (Å²) in [6.07, 6.45) is 4.95. The predicted octanol–water partition coefficient (Wildman–Crippen LogP) is -0.854. The summed E-state index contributed by atoms with van der Waals surface area (Å²) in [6.45, 7) is 0.348. The third-order valence-electron chi connectivity index (χ3n) is 6.64. The number of para-hydroxylation sites is 1. The monoisotopic (exact) mass is 584 g/mol. The lowest BCUT2D eigenvalue weighted by Gasteiger charge is -2.25. The molecule has 3 amide bonds. The number of amides is 3. The van der Waals surface area contributed by atoms with Gasteiger partial charge >= 0.3 is 11.9 Å². The minimum absolute atomic E-state index is 0.00388. The van der Waals surface area contributed by atoms with Gasteiger partial charge in [0, 0.05) is 41.8 Å². The van der Waals surface area contributed by atoms with E-state index in [2.05, 4.69) is 30.9 Å². The normalized spacial score (nSPS) is 14.0. The van der Waals surface area contributed by atoms with Gasteiger partial charge in [-0.05, 0) is 37.4 Å². The van der Waals surface area contributed by atoms with Crippen LogP contribution in [0.5, 0.6) is 0 Å². The number of H-pyrrole nitrogens is 2. The molecule has 15 nitrogen and oxygen atoms in total. The lowest BCUT2D eigenvalue weighted by Crippen LogP contribution is -2.58. The summed E-state index contributed by atoms with van der Waals surface area (Å²) in [5.74, 6) is -4.87. The van der Waals surface area contributed by atoms with Crippen molar-refractivity contribution in [1.82, 2.24) is 30.9 Å². The van der Waals surface area contributed by atoms with Crippen molar-refractivity contribution in [2.45, 2.75) is 62.7 Å². The number of nitrogens with one attached hydrogen (secondary N) is 5. The number of unbranched alkanes of at least 4 members (excludes halogenated alkanes) is 1. The first kappa shape index (κ1) is 31.8. The number of nitrogens with zero attached hydrogens (tertiary/aromatic N) is 1. The van der Waals surface area contributed by atoms with Gasteiger partial charge in [0.15, 0.2) is 0 Å². The number of carboxylic acid groups (broad SMARTS) is 2. The molecule has 0 saturated heterocycles. The Morgan fingerprint density at radius 1 is 0.881 bits per heavy atom. The summed E-state index contributed by atoms with van der Waals surface area (Å²) in [4.78, 5) is 72.2. The number of carbonyl (C=O) groups excluding carboxylic acids is 3. The molecule has 4 unspecified atom stereocenters. The third kappa shape index (κ3) is 9.14. The number of fused-ring (bicyclic) bond motifs is 1. The van der Waals surface area contributed by atoms with Gasteiger partial charge in [-0.25, -0.2) is 9.78 Å². The highest BCUT2D eigenvalue weighted by atomic mass is 16.4. The first-order valence-electron chi connectivity index (χ1n) is 13.4. The van der Waals surface area contributed by atoms with Crippen LogP contribution in [0.25, 0.3) is 10.9 Å². The van der Waals surface area contributed by atoms with Crippen LogP contribution in [0, 0.1) is 0 Å². The second-order valence-electron chi connectivity index (χ2n) is 9.86. The van der Waals surface area contributed by atoms with E-state index in [0.717, 1.165) is 10.9 Å². The van der Waals surface area contributed by atoms with Crippen LogP contribution in [0.1, 0.15) is 36.9 Å². The summed E-state index contributed by atoms with van der Waals surface area (Å²) >= 11 is 0. The number of hydrogen-bond acceptors (Lipinski definition) is 8. The predicted molar refractivity (Wildman–Crippen MR) is 151 cm³/mol. The fraction of sp³-hybridized carbons (Fsp3) is 0.407. The maximum Gasteiger partial charge on any atom is 0.326 e. The molecule has 4 atom stereocenters. The smallest absolute Gasteiger partial charge is 0.326 e.